The van der Waals surface area contributed by atoms with Crippen LogP contribution < -0.4 is 10.5 Å². The molecule has 0 fully saturated rings. The monoisotopic (exact) mass is 386 g/mol. The molecule has 0 spiro atoms. The summed E-state index contributed by atoms with van der Waals surface area (Å²) in [5.41, 5.74) is 5.37. The van der Waals surface area contributed by atoms with Gasteiger partial charge in [0.2, 0.25) is 5.91 Å². The molecule has 0 radical (unpaired) electrons. The summed E-state index contributed by atoms with van der Waals surface area (Å²) in [6.07, 6.45) is 0.388. The molecule has 2 aromatic carbocycles. The van der Waals surface area contributed by atoms with Crippen LogP contribution in [0, 0.1) is 10.1 Å². The van der Waals surface area contributed by atoms with Crippen LogP contribution in [-0.4, -0.2) is 29.2 Å². The van der Waals surface area contributed by atoms with Crippen LogP contribution >= 0.6 is 0 Å². The number of amides is 1. The van der Waals surface area contributed by atoms with E-state index >= 15 is 0 Å². The largest absolute Gasteiger partial charge is 0.482 e. The van der Waals surface area contributed by atoms with E-state index in [9.17, 15) is 24.5 Å². The molecule has 2 aromatic rings. The Morgan fingerprint density at radius 1 is 1.07 bits per heavy atom. The third-order valence-electron chi connectivity index (χ3n) is 3.81. The zero-order chi connectivity index (χ0) is 20.7. The Kier molecular flexibility index (Phi) is 6.80. The molecule has 2 rings (SSSR count). The summed E-state index contributed by atoms with van der Waals surface area (Å²) in [5, 5.41) is 11.1. The number of carbonyl (C=O) groups excluding carboxylic acids is 3. The highest BCUT2D eigenvalue weighted by Crippen LogP contribution is 2.21. The Bertz CT molecular complexity index is 907. The van der Waals surface area contributed by atoms with Gasteiger partial charge in [0.15, 0.2) is 12.4 Å². The van der Waals surface area contributed by atoms with Gasteiger partial charge in [0.25, 0.3) is 5.69 Å². The number of nitrogens with zero attached hydrogens (tertiary/aromatic N) is 1. The van der Waals surface area contributed by atoms with Crippen LogP contribution in [0.5, 0.6) is 5.75 Å². The fraction of sp³-hybridized carbons (Fsp3) is 0.211. The van der Waals surface area contributed by atoms with E-state index in [0.717, 1.165) is 6.07 Å². The van der Waals surface area contributed by atoms with Gasteiger partial charge in [-0.3, -0.25) is 19.7 Å². The number of benzene rings is 2. The lowest BCUT2D eigenvalue weighted by Crippen LogP contribution is -2.16. The summed E-state index contributed by atoms with van der Waals surface area (Å²) in [4.78, 5) is 44.9. The van der Waals surface area contributed by atoms with Gasteiger partial charge in [-0.25, -0.2) is 4.79 Å². The second-order valence-electron chi connectivity index (χ2n) is 5.72. The molecule has 0 saturated heterocycles. The van der Waals surface area contributed by atoms with Crippen molar-refractivity contribution in [2.45, 2.75) is 20.0 Å². The van der Waals surface area contributed by atoms with Gasteiger partial charge in [-0.2, -0.15) is 0 Å². The van der Waals surface area contributed by atoms with Crippen LogP contribution in [0.15, 0.2) is 42.5 Å². The van der Waals surface area contributed by atoms with Crippen molar-refractivity contribution < 1.29 is 28.8 Å². The van der Waals surface area contributed by atoms with Gasteiger partial charge >= 0.3 is 5.97 Å². The van der Waals surface area contributed by atoms with Crippen LogP contribution in [0.4, 0.5) is 5.69 Å². The predicted molar refractivity (Wildman–Crippen MR) is 98.0 cm³/mol. The molecule has 0 aliphatic carbocycles. The van der Waals surface area contributed by atoms with E-state index in [-0.39, 0.29) is 29.2 Å². The maximum atomic E-state index is 11.8. The molecule has 9 nitrogen and oxygen atoms in total. The van der Waals surface area contributed by atoms with Gasteiger partial charge < -0.3 is 15.2 Å². The highest BCUT2D eigenvalue weighted by atomic mass is 16.6. The quantitative estimate of drug-likeness (QED) is 0.302. The molecule has 146 valence electrons. The second-order valence-corrected chi connectivity index (χ2v) is 5.72. The van der Waals surface area contributed by atoms with Crippen LogP contribution in [0.1, 0.15) is 39.6 Å². The number of rotatable bonds is 9. The summed E-state index contributed by atoms with van der Waals surface area (Å²) >= 11 is 0. The maximum absolute atomic E-state index is 11.8. The van der Waals surface area contributed by atoms with Crippen molar-refractivity contribution in [3.63, 3.8) is 0 Å². The third-order valence-corrected chi connectivity index (χ3v) is 3.81. The number of nitrogens with two attached hydrogens (primary N) is 1. The number of esters is 1. The molecule has 0 bridgehead atoms. The molecule has 0 atom stereocenters. The van der Waals surface area contributed by atoms with Crippen molar-refractivity contribution in [2.24, 2.45) is 5.73 Å². The molecule has 0 saturated carbocycles. The van der Waals surface area contributed by atoms with Crippen LogP contribution in [0.2, 0.25) is 0 Å². The Labute approximate surface area is 160 Å². The Hall–Kier alpha value is -3.75. The fourth-order valence-corrected chi connectivity index (χ4v) is 2.29. The average molecular weight is 386 g/mol. The number of Topliss-reactive ketones (excluding diaryl/α,β-unsaturated/α-hetero) is 1. The van der Waals surface area contributed by atoms with Crippen LogP contribution in [0.3, 0.4) is 0 Å². The summed E-state index contributed by atoms with van der Waals surface area (Å²) in [6.45, 7) is 0.990. The summed E-state index contributed by atoms with van der Waals surface area (Å²) < 4.78 is 10.3. The lowest BCUT2D eigenvalue weighted by molar-refractivity contribution is -0.385. The van der Waals surface area contributed by atoms with Crippen molar-refractivity contribution in [3.05, 3.63) is 69.3 Å². The molecule has 28 heavy (non-hydrogen) atoms. The SMILES string of the molecule is CCC(=O)c1ccc(OCC(=O)OCc2ccc(C(N)=O)cc2[N+](=O)[O-])cc1. The van der Waals surface area contributed by atoms with Gasteiger partial charge in [-0.1, -0.05) is 6.92 Å². The first-order valence-electron chi connectivity index (χ1n) is 8.30. The highest BCUT2D eigenvalue weighted by molar-refractivity contribution is 5.96. The minimum absolute atomic E-state index is 0.00471. The molecule has 9 heteroatoms. The first-order valence-corrected chi connectivity index (χ1v) is 8.30. The number of carbonyl (C=O) groups is 3. The maximum Gasteiger partial charge on any atom is 0.344 e. The lowest BCUT2D eigenvalue weighted by atomic mass is 10.1. The molecule has 0 heterocycles. The topological polar surface area (TPSA) is 139 Å². The van der Waals surface area contributed by atoms with E-state index in [2.05, 4.69) is 0 Å². The lowest BCUT2D eigenvalue weighted by Gasteiger charge is -2.08. The minimum atomic E-state index is -0.799. The highest BCUT2D eigenvalue weighted by Gasteiger charge is 2.18. The number of primary amides is 1. The van der Waals surface area contributed by atoms with Crippen molar-refractivity contribution in [2.75, 3.05) is 6.61 Å². The molecule has 0 aliphatic rings. The number of ether oxygens (including phenoxy) is 2. The van der Waals surface area contributed by atoms with Crippen molar-refractivity contribution in [3.8, 4) is 5.75 Å². The Morgan fingerprint density at radius 3 is 2.29 bits per heavy atom. The average Bonchev–Trinajstić information content (AvgIpc) is 2.70. The summed E-state index contributed by atoms with van der Waals surface area (Å²) in [7, 11) is 0. The molecular weight excluding hydrogens is 368 g/mol. The van der Waals surface area contributed by atoms with Gasteiger partial charge in [-0.15, -0.1) is 0 Å². The van der Waals surface area contributed by atoms with Gasteiger partial charge in [0.1, 0.15) is 12.4 Å². The van der Waals surface area contributed by atoms with Gasteiger partial charge in [0.05, 0.1) is 10.5 Å². The number of nitro groups is 1. The number of ketones is 1. The molecule has 1 amide bonds. The van der Waals surface area contributed by atoms with E-state index in [0.29, 0.717) is 17.7 Å². The molecule has 0 unspecified atom stereocenters. The smallest absolute Gasteiger partial charge is 0.344 e. The van der Waals surface area contributed by atoms with E-state index < -0.39 is 23.4 Å². The first-order chi connectivity index (χ1) is 13.3. The van der Waals surface area contributed by atoms with Crippen molar-refractivity contribution in [1.82, 2.24) is 0 Å². The number of hydrogen-bond donors (Lipinski definition) is 1. The first kappa shape index (κ1) is 20.6. The summed E-state index contributed by atoms with van der Waals surface area (Å²) in [5.74, 6) is -1.16. The Morgan fingerprint density at radius 2 is 1.71 bits per heavy atom. The normalized spacial score (nSPS) is 10.2. The van der Waals surface area contributed by atoms with Gasteiger partial charge in [0, 0.05) is 23.6 Å². The summed E-state index contributed by atoms with van der Waals surface area (Å²) in [6, 6.07) is 9.95. The zero-order valence-corrected chi connectivity index (χ0v) is 15.0. The van der Waals surface area contributed by atoms with Gasteiger partial charge in [-0.05, 0) is 36.4 Å². The second kappa shape index (κ2) is 9.26. The third kappa shape index (κ3) is 5.37. The van der Waals surface area contributed by atoms with Crippen LogP contribution in [-0.2, 0) is 16.1 Å². The van der Waals surface area contributed by atoms with Crippen molar-refractivity contribution in [1.29, 1.82) is 0 Å². The van der Waals surface area contributed by atoms with E-state index in [4.69, 9.17) is 15.2 Å². The molecular formula is C19H18N2O7. The molecule has 0 aromatic heterocycles. The van der Waals surface area contributed by atoms with E-state index in [1.54, 1.807) is 31.2 Å². The minimum Gasteiger partial charge on any atom is -0.482 e. The van der Waals surface area contributed by atoms with Crippen LogP contribution in [0.25, 0.3) is 0 Å². The predicted octanol–water partition coefficient (Wildman–Crippen LogP) is 2.41. The fourth-order valence-electron chi connectivity index (χ4n) is 2.29. The Balaban J connectivity index is 1.93. The number of hydrogen-bond acceptors (Lipinski definition) is 7. The zero-order valence-electron chi connectivity index (χ0n) is 15.0. The van der Waals surface area contributed by atoms with E-state index in [1.807, 2.05) is 0 Å². The van der Waals surface area contributed by atoms with E-state index in [1.165, 1.54) is 12.1 Å². The molecule has 0 aliphatic heterocycles. The standard InChI is InChI=1S/C19H18N2O7/c1-2-17(22)12-5-7-15(8-6-12)27-11-18(23)28-10-14-4-3-13(19(20)24)9-16(14)21(25)26/h3-9H,2,10-11H2,1H3,(H2,20,24). The van der Waals surface area contributed by atoms with Crippen molar-refractivity contribution >= 4 is 23.3 Å². The number of nitro benzene ring substituents is 1. The molecule has 2 N–H and O–H groups in total.